The molecule has 0 bridgehead atoms. The first kappa shape index (κ1) is 19.0. The van der Waals surface area contributed by atoms with Crippen molar-refractivity contribution in [3.8, 4) is 0 Å². The zero-order valence-corrected chi connectivity index (χ0v) is 15.5. The van der Waals surface area contributed by atoms with E-state index in [9.17, 15) is 13.2 Å². The monoisotopic (exact) mass is 401 g/mol. The minimum absolute atomic E-state index is 0.000484. The fourth-order valence-electron chi connectivity index (χ4n) is 2.04. The maximum Gasteiger partial charge on any atom is 0.266 e. The second-order valence-corrected chi connectivity index (χ2v) is 9.06. The Morgan fingerprint density at radius 3 is 2.83 bits per heavy atom. The summed E-state index contributed by atoms with van der Waals surface area (Å²) in [6.07, 6.45) is 1.97. The SMILES string of the molecule is C[C@H](OC[C@@H]1CCCCO1)C(=O)NS(=O)(=O)c1cc(Cl)sc1Cl. The molecule has 1 amide bonds. The summed E-state index contributed by atoms with van der Waals surface area (Å²) >= 11 is 12.4. The highest BCUT2D eigenvalue weighted by molar-refractivity contribution is 7.90. The molecular formula is C13H17Cl2NO5S2. The summed E-state index contributed by atoms with van der Waals surface area (Å²) < 4.78 is 37.3. The fraction of sp³-hybridized carbons (Fsp3) is 0.615. The third kappa shape index (κ3) is 5.30. The van der Waals surface area contributed by atoms with Gasteiger partial charge in [-0.1, -0.05) is 23.2 Å². The summed E-state index contributed by atoms with van der Waals surface area (Å²) in [5.41, 5.74) is 0. The molecule has 0 radical (unpaired) electrons. The van der Waals surface area contributed by atoms with Crippen molar-refractivity contribution in [2.75, 3.05) is 13.2 Å². The normalized spacial score (nSPS) is 20.2. The van der Waals surface area contributed by atoms with Crippen molar-refractivity contribution in [2.45, 2.75) is 43.3 Å². The lowest BCUT2D eigenvalue weighted by Crippen LogP contribution is -2.40. The Kier molecular flexibility index (Phi) is 6.70. The van der Waals surface area contributed by atoms with Crippen LogP contribution in [-0.2, 0) is 24.3 Å². The van der Waals surface area contributed by atoms with Crippen molar-refractivity contribution in [2.24, 2.45) is 0 Å². The molecule has 1 aromatic heterocycles. The molecule has 130 valence electrons. The number of hydrogen-bond donors (Lipinski definition) is 1. The number of hydrogen-bond acceptors (Lipinski definition) is 6. The van der Waals surface area contributed by atoms with E-state index in [0.717, 1.165) is 30.6 Å². The van der Waals surface area contributed by atoms with Crippen molar-refractivity contribution < 1.29 is 22.7 Å². The van der Waals surface area contributed by atoms with Crippen molar-refractivity contribution in [1.29, 1.82) is 0 Å². The summed E-state index contributed by atoms with van der Waals surface area (Å²) in [5.74, 6) is -0.765. The van der Waals surface area contributed by atoms with Crippen LogP contribution in [0.25, 0.3) is 0 Å². The third-order valence-electron chi connectivity index (χ3n) is 3.33. The van der Waals surface area contributed by atoms with Gasteiger partial charge < -0.3 is 9.47 Å². The molecule has 2 atom stereocenters. The number of carbonyl (C=O) groups is 1. The van der Waals surface area contributed by atoms with Crippen LogP contribution in [0.2, 0.25) is 8.67 Å². The lowest BCUT2D eigenvalue weighted by Gasteiger charge is -2.23. The van der Waals surface area contributed by atoms with Gasteiger partial charge in [0.1, 0.15) is 15.3 Å². The molecule has 0 saturated carbocycles. The van der Waals surface area contributed by atoms with E-state index in [0.29, 0.717) is 6.61 Å². The van der Waals surface area contributed by atoms with E-state index in [2.05, 4.69) is 0 Å². The molecule has 0 aromatic carbocycles. The average molecular weight is 402 g/mol. The standard InChI is InChI=1S/C13H17Cl2NO5S2/c1-8(21-7-9-4-2-3-5-20-9)13(17)16-23(18,19)10-6-11(14)22-12(10)15/h6,8-9H,2-5,7H2,1H3,(H,16,17)/t8-,9-/m0/s1. The van der Waals surface area contributed by atoms with Gasteiger partial charge in [-0.3, -0.25) is 4.79 Å². The highest BCUT2D eigenvalue weighted by Gasteiger charge is 2.26. The molecule has 1 aromatic rings. The molecular weight excluding hydrogens is 385 g/mol. The number of rotatable bonds is 6. The maximum absolute atomic E-state index is 12.1. The molecule has 0 unspecified atom stereocenters. The molecule has 2 heterocycles. The highest BCUT2D eigenvalue weighted by atomic mass is 35.5. The number of thiophene rings is 1. The van der Waals surface area contributed by atoms with Gasteiger partial charge in [0, 0.05) is 6.61 Å². The number of nitrogens with one attached hydrogen (secondary N) is 1. The van der Waals surface area contributed by atoms with Crippen LogP contribution in [0, 0.1) is 0 Å². The highest BCUT2D eigenvalue weighted by Crippen LogP contribution is 2.34. The summed E-state index contributed by atoms with van der Waals surface area (Å²) in [6, 6.07) is 1.20. The van der Waals surface area contributed by atoms with Crippen LogP contribution >= 0.6 is 34.5 Å². The Labute approximate surface area is 149 Å². The van der Waals surface area contributed by atoms with Gasteiger partial charge in [-0.25, -0.2) is 13.1 Å². The minimum atomic E-state index is -4.07. The minimum Gasteiger partial charge on any atom is -0.376 e. The van der Waals surface area contributed by atoms with Gasteiger partial charge >= 0.3 is 0 Å². The summed E-state index contributed by atoms with van der Waals surface area (Å²) in [4.78, 5) is 11.8. The first-order chi connectivity index (χ1) is 10.8. The summed E-state index contributed by atoms with van der Waals surface area (Å²) in [5, 5.41) is 0. The van der Waals surface area contributed by atoms with E-state index in [1.54, 1.807) is 0 Å². The molecule has 10 heteroatoms. The summed E-state index contributed by atoms with van der Waals surface area (Å²) in [7, 11) is -4.07. The predicted molar refractivity (Wildman–Crippen MR) is 88.7 cm³/mol. The van der Waals surface area contributed by atoms with Gasteiger partial charge in [0.05, 0.1) is 17.0 Å². The van der Waals surface area contributed by atoms with E-state index in [1.807, 2.05) is 4.72 Å². The summed E-state index contributed by atoms with van der Waals surface area (Å²) in [6.45, 7) is 2.41. The lowest BCUT2D eigenvalue weighted by atomic mass is 10.1. The smallest absolute Gasteiger partial charge is 0.266 e. The zero-order valence-electron chi connectivity index (χ0n) is 12.4. The molecule has 1 fully saturated rings. The molecule has 1 saturated heterocycles. The average Bonchev–Trinajstić information content (AvgIpc) is 2.85. The van der Waals surface area contributed by atoms with Crippen LogP contribution in [0.1, 0.15) is 26.2 Å². The van der Waals surface area contributed by atoms with Crippen LogP contribution in [0.15, 0.2) is 11.0 Å². The van der Waals surface area contributed by atoms with Crippen LogP contribution in [0.4, 0.5) is 0 Å². The quantitative estimate of drug-likeness (QED) is 0.792. The van der Waals surface area contributed by atoms with E-state index in [-0.39, 0.29) is 26.3 Å². The van der Waals surface area contributed by atoms with E-state index in [1.165, 1.54) is 13.0 Å². The van der Waals surface area contributed by atoms with E-state index >= 15 is 0 Å². The Hall–Kier alpha value is -0.380. The van der Waals surface area contributed by atoms with Gasteiger partial charge in [0.25, 0.3) is 15.9 Å². The third-order valence-corrected chi connectivity index (χ3v) is 6.42. The van der Waals surface area contributed by atoms with Gasteiger partial charge in [-0.15, -0.1) is 11.3 Å². The molecule has 0 spiro atoms. The maximum atomic E-state index is 12.1. The predicted octanol–water partition coefficient (Wildman–Crippen LogP) is 2.83. The Balaban J connectivity index is 1.90. The van der Waals surface area contributed by atoms with Crippen molar-refractivity contribution in [1.82, 2.24) is 4.72 Å². The van der Waals surface area contributed by atoms with Crippen molar-refractivity contribution in [3.63, 3.8) is 0 Å². The zero-order chi connectivity index (χ0) is 17.0. The molecule has 1 N–H and O–H groups in total. The topological polar surface area (TPSA) is 81.7 Å². The van der Waals surface area contributed by atoms with Gasteiger partial charge in [-0.2, -0.15) is 0 Å². The van der Waals surface area contributed by atoms with Gasteiger partial charge in [0.2, 0.25) is 0 Å². The lowest BCUT2D eigenvalue weighted by molar-refractivity contribution is -0.133. The Morgan fingerprint density at radius 1 is 1.52 bits per heavy atom. The van der Waals surface area contributed by atoms with Crippen molar-refractivity contribution in [3.05, 3.63) is 14.7 Å². The largest absolute Gasteiger partial charge is 0.376 e. The van der Waals surface area contributed by atoms with Crippen LogP contribution in [0.5, 0.6) is 0 Å². The first-order valence-corrected chi connectivity index (χ1v) is 10.1. The number of carbonyl (C=O) groups excluding carboxylic acids is 1. The van der Waals surface area contributed by atoms with Crippen molar-refractivity contribution >= 4 is 50.5 Å². The number of ether oxygens (including phenoxy) is 2. The second kappa shape index (κ2) is 8.13. The molecule has 0 aliphatic carbocycles. The van der Waals surface area contributed by atoms with Crippen LogP contribution in [-0.4, -0.2) is 39.7 Å². The molecule has 6 nitrogen and oxygen atoms in total. The van der Waals surface area contributed by atoms with Crippen LogP contribution in [0.3, 0.4) is 0 Å². The van der Waals surface area contributed by atoms with Gasteiger partial charge in [-0.05, 0) is 32.3 Å². The Morgan fingerprint density at radius 2 is 2.26 bits per heavy atom. The fourth-order valence-corrected chi connectivity index (χ4v) is 5.24. The Bertz CT molecular complexity index is 655. The van der Waals surface area contributed by atoms with E-state index in [4.69, 9.17) is 32.7 Å². The number of sulfonamides is 1. The van der Waals surface area contributed by atoms with Gasteiger partial charge in [0.15, 0.2) is 0 Å². The molecule has 23 heavy (non-hydrogen) atoms. The second-order valence-electron chi connectivity index (χ2n) is 5.12. The van der Waals surface area contributed by atoms with Crippen LogP contribution < -0.4 is 4.72 Å². The first-order valence-electron chi connectivity index (χ1n) is 7.04. The molecule has 1 aliphatic heterocycles. The molecule has 1 aliphatic rings. The number of halogens is 2. The van der Waals surface area contributed by atoms with E-state index < -0.39 is 22.0 Å². The number of amides is 1. The molecule has 2 rings (SSSR count).